The van der Waals surface area contributed by atoms with Crippen LogP contribution in [0.2, 0.25) is 0 Å². The van der Waals surface area contributed by atoms with Crippen LogP contribution < -0.4 is 4.74 Å². The minimum absolute atomic E-state index is 0.132. The molecule has 2 aromatic carbocycles. The fraction of sp³-hybridized carbons (Fsp3) is 0.294. The molecule has 0 aliphatic rings. The molecule has 0 spiro atoms. The Morgan fingerprint density at radius 3 is 2.26 bits per heavy atom. The Balaban J connectivity index is 2.52. The number of ether oxygens (including phenoxy) is 1. The highest BCUT2D eigenvalue weighted by Gasteiger charge is 2.27. The van der Waals surface area contributed by atoms with Gasteiger partial charge in [0, 0.05) is 5.41 Å². The molecule has 2 nitrogen and oxygen atoms in total. The number of aromatic hydroxyl groups is 1. The lowest BCUT2D eigenvalue weighted by molar-refractivity contribution is 0.412. The van der Waals surface area contributed by atoms with E-state index in [1.54, 1.807) is 13.2 Å². The summed E-state index contributed by atoms with van der Waals surface area (Å²) in [5.74, 6) is 1.16. The summed E-state index contributed by atoms with van der Waals surface area (Å²) in [6.45, 7) is 4.35. The Kier molecular flexibility index (Phi) is 3.79. The van der Waals surface area contributed by atoms with Crippen molar-refractivity contribution in [3.63, 3.8) is 0 Å². The largest absolute Gasteiger partial charge is 0.508 e. The third-order valence-electron chi connectivity index (χ3n) is 3.90. The van der Waals surface area contributed by atoms with Crippen molar-refractivity contribution in [2.45, 2.75) is 25.7 Å². The third kappa shape index (κ3) is 2.58. The van der Waals surface area contributed by atoms with Gasteiger partial charge in [0.1, 0.15) is 11.5 Å². The van der Waals surface area contributed by atoms with Crippen molar-refractivity contribution >= 4 is 0 Å². The van der Waals surface area contributed by atoms with Crippen LogP contribution in [0.5, 0.6) is 11.5 Å². The molecular formula is C17H20O2. The SMILES string of the molecule is CCC(C)(c1cccc(O)c1)c1cccc(OC)c1. The quantitative estimate of drug-likeness (QED) is 0.891. The number of rotatable bonds is 4. The van der Waals surface area contributed by atoms with Gasteiger partial charge in [0.2, 0.25) is 0 Å². The minimum Gasteiger partial charge on any atom is -0.508 e. The summed E-state index contributed by atoms with van der Waals surface area (Å²) in [6, 6.07) is 15.6. The second-order valence-electron chi connectivity index (χ2n) is 4.97. The lowest BCUT2D eigenvalue weighted by Gasteiger charge is -2.30. The van der Waals surface area contributed by atoms with Crippen LogP contribution in [0.4, 0.5) is 0 Å². The molecule has 0 fully saturated rings. The molecule has 100 valence electrons. The van der Waals surface area contributed by atoms with Crippen LogP contribution in [0.25, 0.3) is 0 Å². The van der Waals surface area contributed by atoms with Crippen LogP contribution in [0.15, 0.2) is 48.5 Å². The van der Waals surface area contributed by atoms with Crippen LogP contribution in [-0.2, 0) is 5.41 Å². The fourth-order valence-electron chi connectivity index (χ4n) is 2.39. The van der Waals surface area contributed by atoms with Gasteiger partial charge in [0.15, 0.2) is 0 Å². The maximum absolute atomic E-state index is 9.69. The number of phenolic OH excluding ortho intramolecular Hbond substituents is 1. The highest BCUT2D eigenvalue weighted by molar-refractivity contribution is 5.43. The van der Waals surface area contributed by atoms with Gasteiger partial charge in [0.05, 0.1) is 7.11 Å². The summed E-state index contributed by atoms with van der Waals surface area (Å²) in [4.78, 5) is 0. The van der Waals surface area contributed by atoms with E-state index in [4.69, 9.17) is 4.74 Å². The average molecular weight is 256 g/mol. The summed E-state index contributed by atoms with van der Waals surface area (Å²) in [5.41, 5.74) is 2.18. The molecule has 1 atom stereocenters. The molecule has 2 heteroatoms. The highest BCUT2D eigenvalue weighted by atomic mass is 16.5. The summed E-state index contributed by atoms with van der Waals surface area (Å²) < 4.78 is 5.30. The lowest BCUT2D eigenvalue weighted by atomic mass is 9.74. The molecule has 0 amide bonds. The molecule has 2 aromatic rings. The van der Waals surface area contributed by atoms with Crippen molar-refractivity contribution in [2.24, 2.45) is 0 Å². The van der Waals surface area contributed by atoms with Gasteiger partial charge in [-0.25, -0.2) is 0 Å². The Labute approximate surface area is 114 Å². The van der Waals surface area contributed by atoms with Crippen LogP contribution in [-0.4, -0.2) is 12.2 Å². The number of benzene rings is 2. The van der Waals surface area contributed by atoms with Crippen LogP contribution in [0.3, 0.4) is 0 Å². The van der Waals surface area contributed by atoms with Gasteiger partial charge in [-0.1, -0.05) is 38.1 Å². The summed E-state index contributed by atoms with van der Waals surface area (Å²) in [6.07, 6.45) is 0.948. The molecule has 0 heterocycles. The van der Waals surface area contributed by atoms with E-state index in [1.165, 1.54) is 5.56 Å². The van der Waals surface area contributed by atoms with E-state index in [-0.39, 0.29) is 5.41 Å². The monoisotopic (exact) mass is 256 g/mol. The Morgan fingerprint density at radius 2 is 1.68 bits per heavy atom. The molecule has 1 unspecified atom stereocenters. The lowest BCUT2D eigenvalue weighted by Crippen LogP contribution is -2.22. The van der Waals surface area contributed by atoms with Gasteiger partial charge in [-0.3, -0.25) is 0 Å². The van der Waals surface area contributed by atoms with E-state index in [0.29, 0.717) is 5.75 Å². The van der Waals surface area contributed by atoms with Crippen molar-refractivity contribution in [1.82, 2.24) is 0 Å². The molecule has 1 N–H and O–H groups in total. The maximum Gasteiger partial charge on any atom is 0.119 e. The molecule has 0 aromatic heterocycles. The van der Waals surface area contributed by atoms with E-state index in [9.17, 15) is 5.11 Å². The zero-order chi connectivity index (χ0) is 13.9. The van der Waals surface area contributed by atoms with Gasteiger partial charge < -0.3 is 9.84 Å². The summed E-state index contributed by atoms with van der Waals surface area (Å²) in [7, 11) is 1.68. The fourth-order valence-corrected chi connectivity index (χ4v) is 2.39. The first-order chi connectivity index (χ1) is 9.10. The number of hydrogen-bond acceptors (Lipinski definition) is 2. The van der Waals surface area contributed by atoms with E-state index in [1.807, 2.05) is 24.3 Å². The zero-order valence-corrected chi connectivity index (χ0v) is 11.7. The smallest absolute Gasteiger partial charge is 0.119 e. The molecule has 0 bridgehead atoms. The van der Waals surface area contributed by atoms with Gasteiger partial charge >= 0.3 is 0 Å². The normalized spacial score (nSPS) is 13.8. The second kappa shape index (κ2) is 5.35. The Bertz CT molecular complexity index is 563. The van der Waals surface area contributed by atoms with Crippen LogP contribution >= 0.6 is 0 Å². The van der Waals surface area contributed by atoms with Crippen LogP contribution in [0, 0.1) is 0 Å². The standard InChI is InChI=1S/C17H20O2/c1-4-17(2,13-7-5-9-15(18)11-13)14-8-6-10-16(12-14)19-3/h5-12,18H,4H2,1-3H3. The molecule has 0 saturated heterocycles. The van der Waals surface area contributed by atoms with Crippen molar-refractivity contribution in [1.29, 1.82) is 0 Å². The molecule has 0 radical (unpaired) electrons. The Morgan fingerprint density at radius 1 is 1.05 bits per heavy atom. The van der Waals surface area contributed by atoms with E-state index >= 15 is 0 Å². The predicted octanol–water partition coefficient (Wildman–Crippen LogP) is 4.12. The molecular weight excluding hydrogens is 236 g/mol. The van der Waals surface area contributed by atoms with E-state index in [2.05, 4.69) is 32.0 Å². The maximum atomic E-state index is 9.69. The van der Waals surface area contributed by atoms with Crippen molar-refractivity contribution in [2.75, 3.05) is 7.11 Å². The predicted molar refractivity (Wildman–Crippen MR) is 77.8 cm³/mol. The van der Waals surface area contributed by atoms with Gasteiger partial charge in [-0.2, -0.15) is 0 Å². The molecule has 0 aliphatic heterocycles. The molecule has 0 aliphatic carbocycles. The summed E-state index contributed by atoms with van der Waals surface area (Å²) in [5, 5.41) is 9.69. The first kappa shape index (κ1) is 13.5. The van der Waals surface area contributed by atoms with E-state index < -0.39 is 0 Å². The number of hydrogen-bond donors (Lipinski definition) is 1. The highest BCUT2D eigenvalue weighted by Crippen LogP contribution is 2.37. The first-order valence-electron chi connectivity index (χ1n) is 6.54. The van der Waals surface area contributed by atoms with Crippen molar-refractivity contribution < 1.29 is 9.84 Å². The second-order valence-corrected chi connectivity index (χ2v) is 4.97. The van der Waals surface area contributed by atoms with Crippen molar-refractivity contribution in [3.05, 3.63) is 59.7 Å². The topological polar surface area (TPSA) is 29.5 Å². The van der Waals surface area contributed by atoms with Gasteiger partial charge in [-0.05, 0) is 41.8 Å². The average Bonchev–Trinajstić information content (AvgIpc) is 2.46. The Hall–Kier alpha value is -1.96. The third-order valence-corrected chi connectivity index (χ3v) is 3.90. The summed E-state index contributed by atoms with van der Waals surface area (Å²) >= 11 is 0. The zero-order valence-electron chi connectivity index (χ0n) is 11.7. The minimum atomic E-state index is -0.132. The van der Waals surface area contributed by atoms with E-state index in [0.717, 1.165) is 17.7 Å². The molecule has 19 heavy (non-hydrogen) atoms. The number of methoxy groups -OCH3 is 1. The first-order valence-corrected chi connectivity index (χ1v) is 6.54. The van der Waals surface area contributed by atoms with Gasteiger partial charge in [-0.15, -0.1) is 0 Å². The number of phenols is 1. The van der Waals surface area contributed by atoms with Crippen molar-refractivity contribution in [3.8, 4) is 11.5 Å². The van der Waals surface area contributed by atoms with Gasteiger partial charge in [0.25, 0.3) is 0 Å². The molecule has 2 rings (SSSR count). The molecule has 0 saturated carbocycles. The van der Waals surface area contributed by atoms with Crippen LogP contribution in [0.1, 0.15) is 31.4 Å².